The maximum absolute atomic E-state index is 8.59. The van der Waals surface area contributed by atoms with Gasteiger partial charge in [-0.1, -0.05) is 0 Å². The van der Waals surface area contributed by atoms with Gasteiger partial charge in [0.15, 0.2) is 0 Å². The van der Waals surface area contributed by atoms with Gasteiger partial charge in [-0.3, -0.25) is 5.10 Å². The monoisotopic (exact) mass is 175 g/mol. The summed E-state index contributed by atoms with van der Waals surface area (Å²) in [7, 11) is 0. The second-order valence-electron chi connectivity index (χ2n) is 2.26. The second kappa shape index (κ2) is 2.80. The third-order valence-corrected chi connectivity index (χ3v) is 2.54. The van der Waals surface area contributed by atoms with Crippen molar-refractivity contribution in [1.82, 2.24) is 10.2 Å². The highest BCUT2D eigenvalue weighted by molar-refractivity contribution is 7.16. The number of aromatic amines is 1. The maximum Gasteiger partial charge on any atom is 0.110 e. The van der Waals surface area contributed by atoms with Crippen LogP contribution in [-0.4, -0.2) is 10.2 Å². The quantitative estimate of drug-likeness (QED) is 0.720. The van der Waals surface area contributed by atoms with Crippen LogP contribution in [0.15, 0.2) is 24.5 Å². The zero-order chi connectivity index (χ0) is 8.39. The fourth-order valence-corrected chi connectivity index (χ4v) is 1.72. The van der Waals surface area contributed by atoms with Crippen LogP contribution in [0, 0.1) is 11.3 Å². The van der Waals surface area contributed by atoms with Crippen LogP contribution in [0.1, 0.15) is 4.88 Å². The van der Waals surface area contributed by atoms with Gasteiger partial charge in [0.25, 0.3) is 0 Å². The normalized spacial score (nSPS) is 9.58. The standard InChI is InChI=1S/C8H5N3S/c9-3-7-1-2-8(12-7)6-4-10-11-5-6/h1-2,4-5H,(H,10,11). The van der Waals surface area contributed by atoms with Gasteiger partial charge in [0.1, 0.15) is 10.9 Å². The topological polar surface area (TPSA) is 52.5 Å². The molecule has 0 fully saturated rings. The van der Waals surface area contributed by atoms with Crippen molar-refractivity contribution in [3.63, 3.8) is 0 Å². The zero-order valence-corrected chi connectivity index (χ0v) is 6.93. The van der Waals surface area contributed by atoms with Crippen LogP contribution >= 0.6 is 11.3 Å². The van der Waals surface area contributed by atoms with Gasteiger partial charge < -0.3 is 0 Å². The lowest BCUT2D eigenvalue weighted by Crippen LogP contribution is -1.60. The molecule has 0 aromatic carbocycles. The van der Waals surface area contributed by atoms with Gasteiger partial charge in [0, 0.05) is 16.6 Å². The van der Waals surface area contributed by atoms with Gasteiger partial charge in [0.05, 0.1) is 6.20 Å². The number of hydrogen-bond acceptors (Lipinski definition) is 3. The van der Waals surface area contributed by atoms with Gasteiger partial charge in [-0.15, -0.1) is 11.3 Å². The van der Waals surface area contributed by atoms with Crippen LogP contribution in [-0.2, 0) is 0 Å². The van der Waals surface area contributed by atoms with Crippen LogP contribution in [0.2, 0.25) is 0 Å². The Morgan fingerprint density at radius 1 is 1.50 bits per heavy atom. The Morgan fingerprint density at radius 2 is 2.42 bits per heavy atom. The summed E-state index contributed by atoms with van der Waals surface area (Å²) in [5, 5.41) is 15.1. The first kappa shape index (κ1) is 7.07. The Morgan fingerprint density at radius 3 is 3.00 bits per heavy atom. The number of nitrogens with zero attached hydrogens (tertiary/aromatic N) is 2. The third kappa shape index (κ3) is 1.11. The molecule has 0 bridgehead atoms. The first-order chi connectivity index (χ1) is 5.90. The molecule has 2 aromatic heterocycles. The molecule has 58 valence electrons. The average Bonchev–Trinajstić information content (AvgIpc) is 2.75. The first-order valence-corrected chi connectivity index (χ1v) is 4.21. The molecule has 2 aromatic rings. The summed E-state index contributed by atoms with van der Waals surface area (Å²) in [6.07, 6.45) is 3.56. The fourth-order valence-electron chi connectivity index (χ4n) is 0.939. The molecular formula is C8H5N3S. The highest BCUT2D eigenvalue weighted by Gasteiger charge is 2.01. The number of rotatable bonds is 1. The number of H-pyrrole nitrogens is 1. The highest BCUT2D eigenvalue weighted by Crippen LogP contribution is 2.26. The minimum atomic E-state index is 0.728. The van der Waals surface area contributed by atoms with Crippen LogP contribution in [0.3, 0.4) is 0 Å². The van der Waals surface area contributed by atoms with E-state index in [9.17, 15) is 0 Å². The van der Waals surface area contributed by atoms with E-state index in [2.05, 4.69) is 16.3 Å². The Balaban J connectivity index is 2.44. The number of aromatic nitrogens is 2. The van der Waals surface area contributed by atoms with Crippen LogP contribution in [0.4, 0.5) is 0 Å². The van der Waals surface area contributed by atoms with E-state index in [1.165, 1.54) is 11.3 Å². The van der Waals surface area contributed by atoms with E-state index in [0.29, 0.717) is 0 Å². The summed E-state index contributed by atoms with van der Waals surface area (Å²) in [5.41, 5.74) is 1.03. The van der Waals surface area contributed by atoms with Crippen molar-refractivity contribution in [2.75, 3.05) is 0 Å². The minimum Gasteiger partial charge on any atom is -0.285 e. The van der Waals surface area contributed by atoms with Gasteiger partial charge >= 0.3 is 0 Å². The Labute approximate surface area is 73.3 Å². The molecule has 0 unspecified atom stereocenters. The van der Waals surface area contributed by atoms with Crippen LogP contribution in [0.25, 0.3) is 10.4 Å². The molecule has 12 heavy (non-hydrogen) atoms. The van der Waals surface area contributed by atoms with Crippen molar-refractivity contribution in [2.24, 2.45) is 0 Å². The Kier molecular flexibility index (Phi) is 1.65. The van der Waals surface area contributed by atoms with E-state index in [1.807, 2.05) is 18.3 Å². The number of nitrogens with one attached hydrogen (secondary N) is 1. The van der Waals surface area contributed by atoms with Crippen molar-refractivity contribution < 1.29 is 0 Å². The molecule has 0 amide bonds. The third-order valence-electron chi connectivity index (χ3n) is 1.50. The smallest absolute Gasteiger partial charge is 0.110 e. The van der Waals surface area contributed by atoms with Gasteiger partial charge in [-0.25, -0.2) is 0 Å². The summed E-state index contributed by atoms with van der Waals surface area (Å²) in [6.45, 7) is 0. The van der Waals surface area contributed by atoms with Crippen molar-refractivity contribution >= 4 is 11.3 Å². The van der Waals surface area contributed by atoms with E-state index in [-0.39, 0.29) is 0 Å². The predicted octanol–water partition coefficient (Wildman–Crippen LogP) is 2.01. The van der Waals surface area contributed by atoms with E-state index in [4.69, 9.17) is 5.26 Å². The molecule has 0 saturated heterocycles. The largest absolute Gasteiger partial charge is 0.285 e. The van der Waals surface area contributed by atoms with Gasteiger partial charge in [-0.2, -0.15) is 10.4 Å². The van der Waals surface area contributed by atoms with E-state index >= 15 is 0 Å². The fraction of sp³-hybridized carbons (Fsp3) is 0. The second-order valence-corrected chi connectivity index (χ2v) is 3.35. The summed E-state index contributed by atoms with van der Waals surface area (Å²) >= 11 is 1.47. The molecule has 0 aliphatic carbocycles. The minimum absolute atomic E-state index is 0.728. The van der Waals surface area contributed by atoms with Crippen molar-refractivity contribution in [3.05, 3.63) is 29.4 Å². The summed E-state index contributed by atoms with van der Waals surface area (Å²) in [6, 6.07) is 5.83. The molecule has 0 aliphatic heterocycles. The highest BCUT2D eigenvalue weighted by atomic mass is 32.1. The molecule has 0 atom stereocenters. The molecule has 0 radical (unpaired) electrons. The Bertz CT molecular complexity index is 408. The molecule has 1 N–H and O–H groups in total. The molecule has 0 spiro atoms. The first-order valence-electron chi connectivity index (χ1n) is 3.39. The summed E-state index contributed by atoms with van der Waals surface area (Å²) < 4.78 is 0. The zero-order valence-electron chi connectivity index (χ0n) is 6.11. The molecular weight excluding hydrogens is 170 g/mol. The van der Waals surface area contributed by atoms with E-state index < -0.39 is 0 Å². The number of hydrogen-bond donors (Lipinski definition) is 1. The SMILES string of the molecule is N#Cc1ccc(-c2cn[nH]c2)s1. The predicted molar refractivity (Wildman–Crippen MR) is 46.6 cm³/mol. The lowest BCUT2D eigenvalue weighted by molar-refractivity contribution is 1.09. The van der Waals surface area contributed by atoms with Crippen LogP contribution in [0.5, 0.6) is 0 Å². The van der Waals surface area contributed by atoms with Crippen molar-refractivity contribution in [1.29, 1.82) is 5.26 Å². The van der Waals surface area contributed by atoms with Gasteiger partial charge in [0.2, 0.25) is 0 Å². The average molecular weight is 175 g/mol. The molecule has 3 nitrogen and oxygen atoms in total. The molecule has 4 heteroatoms. The van der Waals surface area contributed by atoms with E-state index in [1.54, 1.807) is 6.20 Å². The number of nitriles is 1. The summed E-state index contributed by atoms with van der Waals surface area (Å²) in [4.78, 5) is 1.80. The molecule has 0 saturated carbocycles. The Hall–Kier alpha value is -1.60. The lowest BCUT2D eigenvalue weighted by Gasteiger charge is -1.84. The number of thiophene rings is 1. The molecule has 0 aliphatic rings. The maximum atomic E-state index is 8.59. The summed E-state index contributed by atoms with van der Waals surface area (Å²) in [5.74, 6) is 0. The van der Waals surface area contributed by atoms with Gasteiger partial charge in [-0.05, 0) is 12.1 Å². The van der Waals surface area contributed by atoms with E-state index in [0.717, 1.165) is 15.3 Å². The molecule has 2 rings (SSSR count). The van der Waals surface area contributed by atoms with Crippen molar-refractivity contribution in [2.45, 2.75) is 0 Å². The van der Waals surface area contributed by atoms with Crippen LogP contribution < -0.4 is 0 Å². The molecule has 2 heterocycles. The van der Waals surface area contributed by atoms with Crippen molar-refractivity contribution in [3.8, 4) is 16.5 Å². The lowest BCUT2D eigenvalue weighted by atomic mass is 10.3.